The fourth-order valence-electron chi connectivity index (χ4n) is 2.00. The summed E-state index contributed by atoms with van der Waals surface area (Å²) in [7, 11) is -0.293. The van der Waals surface area contributed by atoms with Crippen LogP contribution in [0.15, 0.2) is 23.8 Å². The van der Waals surface area contributed by atoms with Crippen LogP contribution in [0.3, 0.4) is 0 Å². The minimum atomic E-state index is -0.293. The third-order valence-corrected chi connectivity index (χ3v) is 4.15. The highest BCUT2D eigenvalue weighted by molar-refractivity contribution is 6.71. The molecule has 1 radical (unpaired) electrons. The summed E-state index contributed by atoms with van der Waals surface area (Å²) in [5.41, 5.74) is 4.56. The third kappa shape index (κ3) is 1.48. The molecule has 0 heterocycles. The SMILES string of the molecule is CC1=Cc2cccc([Si](C)C)c2C1. The number of allylic oxidation sites excluding steroid dienone is 1. The average Bonchev–Trinajstić information content (AvgIpc) is 2.43. The lowest BCUT2D eigenvalue weighted by Crippen LogP contribution is -2.26. The minimum absolute atomic E-state index is 0.293. The lowest BCUT2D eigenvalue weighted by Gasteiger charge is -2.10. The predicted molar refractivity (Wildman–Crippen MR) is 60.9 cm³/mol. The maximum atomic E-state index is 2.37. The van der Waals surface area contributed by atoms with Crippen molar-refractivity contribution in [2.45, 2.75) is 26.4 Å². The smallest absolute Gasteiger partial charge is 0.0683 e. The molecule has 13 heavy (non-hydrogen) atoms. The summed E-state index contributed by atoms with van der Waals surface area (Å²) in [6, 6.07) is 6.74. The number of hydrogen-bond acceptors (Lipinski definition) is 0. The van der Waals surface area contributed by atoms with Gasteiger partial charge in [0, 0.05) is 0 Å². The highest BCUT2D eigenvalue weighted by atomic mass is 28.3. The first-order valence-electron chi connectivity index (χ1n) is 4.78. The van der Waals surface area contributed by atoms with E-state index < -0.39 is 0 Å². The minimum Gasteiger partial charge on any atom is -0.0683 e. The van der Waals surface area contributed by atoms with Crippen LogP contribution in [-0.4, -0.2) is 8.80 Å². The maximum absolute atomic E-state index is 2.37. The van der Waals surface area contributed by atoms with Crippen LogP contribution in [0.2, 0.25) is 13.1 Å². The fraction of sp³-hybridized carbons (Fsp3) is 0.333. The van der Waals surface area contributed by atoms with Crippen LogP contribution in [0.5, 0.6) is 0 Å². The molecule has 0 nitrogen and oxygen atoms in total. The lowest BCUT2D eigenvalue weighted by atomic mass is 10.1. The molecule has 0 atom stereocenters. The number of benzene rings is 1. The van der Waals surface area contributed by atoms with Gasteiger partial charge in [-0.05, 0) is 24.5 Å². The molecule has 0 bridgehead atoms. The van der Waals surface area contributed by atoms with Crippen LogP contribution in [0.25, 0.3) is 6.08 Å². The van der Waals surface area contributed by atoms with Gasteiger partial charge < -0.3 is 0 Å². The molecule has 2 rings (SSSR count). The summed E-state index contributed by atoms with van der Waals surface area (Å²) in [5, 5.41) is 1.62. The average molecular weight is 187 g/mol. The normalized spacial score (nSPS) is 14.6. The van der Waals surface area contributed by atoms with Crippen molar-refractivity contribution >= 4 is 20.1 Å². The van der Waals surface area contributed by atoms with Crippen molar-refractivity contribution in [2.75, 3.05) is 0 Å². The van der Waals surface area contributed by atoms with E-state index >= 15 is 0 Å². The van der Waals surface area contributed by atoms with E-state index in [0.29, 0.717) is 0 Å². The van der Waals surface area contributed by atoms with Gasteiger partial charge in [0.05, 0.1) is 8.80 Å². The van der Waals surface area contributed by atoms with Crippen molar-refractivity contribution in [2.24, 2.45) is 0 Å². The molecular formula is C12H15Si. The lowest BCUT2D eigenvalue weighted by molar-refractivity contribution is 1.21. The van der Waals surface area contributed by atoms with Gasteiger partial charge in [-0.15, -0.1) is 0 Å². The Morgan fingerprint density at radius 3 is 2.69 bits per heavy atom. The second-order valence-corrected chi connectivity index (χ2v) is 6.58. The molecule has 1 heteroatoms. The summed E-state index contributed by atoms with van der Waals surface area (Å²) in [4.78, 5) is 0. The predicted octanol–water partition coefficient (Wildman–Crippen LogP) is 2.61. The zero-order valence-electron chi connectivity index (χ0n) is 8.52. The number of rotatable bonds is 1. The van der Waals surface area contributed by atoms with Gasteiger partial charge in [0.2, 0.25) is 0 Å². The van der Waals surface area contributed by atoms with Crippen LogP contribution in [0.4, 0.5) is 0 Å². The molecule has 0 spiro atoms. The number of hydrogen-bond donors (Lipinski definition) is 0. The Morgan fingerprint density at radius 1 is 1.23 bits per heavy atom. The van der Waals surface area contributed by atoms with Crippen LogP contribution in [0, 0.1) is 0 Å². The van der Waals surface area contributed by atoms with Crippen molar-refractivity contribution in [1.29, 1.82) is 0 Å². The van der Waals surface area contributed by atoms with Crippen molar-refractivity contribution in [1.82, 2.24) is 0 Å². The van der Waals surface area contributed by atoms with Crippen molar-refractivity contribution in [3.63, 3.8) is 0 Å². The molecule has 1 aromatic rings. The topological polar surface area (TPSA) is 0 Å². The molecule has 0 aliphatic heterocycles. The summed E-state index contributed by atoms with van der Waals surface area (Å²) in [6.45, 7) is 6.96. The molecule has 67 valence electrons. The van der Waals surface area contributed by atoms with Gasteiger partial charge in [0.15, 0.2) is 0 Å². The van der Waals surface area contributed by atoms with E-state index in [4.69, 9.17) is 0 Å². The molecule has 0 unspecified atom stereocenters. The van der Waals surface area contributed by atoms with Gasteiger partial charge in [0.25, 0.3) is 0 Å². The zero-order chi connectivity index (χ0) is 9.42. The monoisotopic (exact) mass is 187 g/mol. The van der Waals surface area contributed by atoms with E-state index in [0.717, 1.165) is 0 Å². The molecule has 1 aliphatic rings. The van der Waals surface area contributed by atoms with Crippen LogP contribution in [0.1, 0.15) is 18.1 Å². The molecule has 1 aromatic carbocycles. The van der Waals surface area contributed by atoms with Crippen LogP contribution < -0.4 is 5.19 Å². The highest BCUT2D eigenvalue weighted by Crippen LogP contribution is 2.23. The summed E-state index contributed by atoms with van der Waals surface area (Å²) in [6.07, 6.45) is 3.50. The molecule has 0 N–H and O–H groups in total. The zero-order valence-corrected chi connectivity index (χ0v) is 9.52. The third-order valence-electron chi connectivity index (χ3n) is 2.61. The van der Waals surface area contributed by atoms with Crippen LogP contribution in [-0.2, 0) is 6.42 Å². The Balaban J connectivity index is 2.51. The standard InChI is InChI=1S/C12H15Si/c1-9-7-10-5-4-6-12(13(2)3)11(10)8-9/h4-7H,8H2,1-3H3. The van der Waals surface area contributed by atoms with E-state index in [1.165, 1.54) is 17.6 Å². The quantitative estimate of drug-likeness (QED) is 0.593. The first-order chi connectivity index (χ1) is 6.18. The largest absolute Gasteiger partial charge is 0.0795 e. The Labute approximate surface area is 81.9 Å². The fourth-order valence-corrected chi connectivity index (χ4v) is 3.27. The maximum Gasteiger partial charge on any atom is 0.0795 e. The second-order valence-electron chi connectivity index (χ2n) is 4.04. The molecule has 0 saturated carbocycles. The molecule has 0 aromatic heterocycles. The highest BCUT2D eigenvalue weighted by Gasteiger charge is 2.15. The Hall–Kier alpha value is -0.823. The summed E-state index contributed by atoms with van der Waals surface area (Å²) >= 11 is 0. The van der Waals surface area contributed by atoms with Gasteiger partial charge in [0.1, 0.15) is 0 Å². The number of fused-ring (bicyclic) bond motifs is 1. The van der Waals surface area contributed by atoms with Crippen molar-refractivity contribution in [3.8, 4) is 0 Å². The Morgan fingerprint density at radius 2 is 2.00 bits per heavy atom. The first kappa shape index (κ1) is 8.76. The van der Waals surface area contributed by atoms with E-state index in [-0.39, 0.29) is 8.80 Å². The molecular weight excluding hydrogens is 172 g/mol. The van der Waals surface area contributed by atoms with Gasteiger partial charge >= 0.3 is 0 Å². The molecule has 0 fully saturated rings. The Bertz CT molecular complexity index is 361. The van der Waals surface area contributed by atoms with Crippen molar-refractivity contribution < 1.29 is 0 Å². The molecule has 1 aliphatic carbocycles. The second kappa shape index (κ2) is 3.15. The molecule has 0 saturated heterocycles. The van der Waals surface area contributed by atoms with E-state index in [2.05, 4.69) is 44.3 Å². The van der Waals surface area contributed by atoms with E-state index in [1.54, 1.807) is 10.8 Å². The van der Waals surface area contributed by atoms with Gasteiger partial charge in [-0.1, -0.05) is 48.1 Å². The van der Waals surface area contributed by atoms with Crippen LogP contribution >= 0.6 is 0 Å². The van der Waals surface area contributed by atoms with Gasteiger partial charge in [-0.2, -0.15) is 0 Å². The Kier molecular flexibility index (Phi) is 2.12. The summed E-state index contributed by atoms with van der Waals surface area (Å²) in [5.74, 6) is 0. The van der Waals surface area contributed by atoms with E-state index in [9.17, 15) is 0 Å². The van der Waals surface area contributed by atoms with Gasteiger partial charge in [-0.25, -0.2) is 0 Å². The van der Waals surface area contributed by atoms with Gasteiger partial charge in [-0.3, -0.25) is 0 Å². The summed E-state index contributed by atoms with van der Waals surface area (Å²) < 4.78 is 0. The van der Waals surface area contributed by atoms with E-state index in [1.807, 2.05) is 0 Å². The first-order valence-corrected chi connectivity index (χ1v) is 7.28. The van der Waals surface area contributed by atoms with Crippen molar-refractivity contribution in [3.05, 3.63) is 34.9 Å². The molecule has 0 amide bonds.